The Labute approximate surface area is 159 Å². The molecular weight excluding hydrogens is 403 g/mol. The molecule has 6 heteroatoms. The lowest BCUT2D eigenvalue weighted by molar-refractivity contribution is -0.141. The van der Waals surface area contributed by atoms with Crippen LogP contribution < -0.4 is 9.47 Å². The van der Waals surface area contributed by atoms with Crippen LogP contribution >= 0.6 is 15.9 Å². The van der Waals surface area contributed by atoms with E-state index >= 15 is 0 Å². The van der Waals surface area contributed by atoms with Crippen molar-refractivity contribution in [1.82, 2.24) is 0 Å². The second kappa shape index (κ2) is 6.91. The van der Waals surface area contributed by atoms with Crippen molar-refractivity contribution in [2.75, 3.05) is 13.7 Å². The van der Waals surface area contributed by atoms with Gasteiger partial charge < -0.3 is 14.2 Å². The van der Waals surface area contributed by atoms with Gasteiger partial charge in [0.2, 0.25) is 0 Å². The summed E-state index contributed by atoms with van der Waals surface area (Å²) in [4.78, 5) is 11.5. The highest BCUT2D eigenvalue weighted by atomic mass is 79.9. The standard InChI is InChI=1S/C20H18BrFO4/c1-24-19(23)8-11-10-25-18-9-12(2-3-13(11)18)26-17-7-5-15-14(17)4-6-16(22)20(15)21/h2-4,6,9,11,17H,5,7-8,10H2,1H3/t11?,17-/m1/s1. The molecule has 0 spiro atoms. The lowest BCUT2D eigenvalue weighted by Crippen LogP contribution is -2.09. The fourth-order valence-electron chi connectivity index (χ4n) is 3.66. The van der Waals surface area contributed by atoms with E-state index < -0.39 is 0 Å². The minimum atomic E-state index is -0.244. The highest BCUT2D eigenvalue weighted by molar-refractivity contribution is 9.10. The molecule has 0 N–H and O–H groups in total. The highest BCUT2D eigenvalue weighted by Gasteiger charge is 2.30. The van der Waals surface area contributed by atoms with Gasteiger partial charge in [0, 0.05) is 17.5 Å². The van der Waals surface area contributed by atoms with E-state index in [1.165, 1.54) is 13.2 Å². The van der Waals surface area contributed by atoms with Crippen LogP contribution in [-0.2, 0) is 16.0 Å². The Kier molecular flexibility index (Phi) is 4.61. The largest absolute Gasteiger partial charge is 0.492 e. The van der Waals surface area contributed by atoms with Crippen molar-refractivity contribution in [1.29, 1.82) is 0 Å². The Bertz CT molecular complexity index is 867. The smallest absolute Gasteiger partial charge is 0.306 e. The average Bonchev–Trinajstić information content (AvgIpc) is 3.23. The summed E-state index contributed by atoms with van der Waals surface area (Å²) in [6.45, 7) is 0.465. The second-order valence-corrected chi connectivity index (χ2v) is 7.36. The molecule has 2 aliphatic rings. The predicted molar refractivity (Wildman–Crippen MR) is 97.1 cm³/mol. The molecule has 26 heavy (non-hydrogen) atoms. The van der Waals surface area contributed by atoms with Crippen molar-refractivity contribution < 1.29 is 23.4 Å². The molecular formula is C20H18BrFO4. The molecule has 1 heterocycles. The van der Waals surface area contributed by atoms with Gasteiger partial charge in [-0.25, -0.2) is 4.39 Å². The number of ether oxygens (including phenoxy) is 3. The number of benzene rings is 2. The zero-order valence-electron chi connectivity index (χ0n) is 14.3. The van der Waals surface area contributed by atoms with Gasteiger partial charge in [0.15, 0.2) is 0 Å². The normalized spacial score (nSPS) is 20.3. The number of fused-ring (bicyclic) bond motifs is 2. The first-order chi connectivity index (χ1) is 12.6. The zero-order valence-corrected chi connectivity index (χ0v) is 15.8. The number of rotatable bonds is 4. The number of hydrogen-bond acceptors (Lipinski definition) is 4. The lowest BCUT2D eigenvalue weighted by atomic mass is 9.98. The summed E-state index contributed by atoms with van der Waals surface area (Å²) >= 11 is 3.33. The summed E-state index contributed by atoms with van der Waals surface area (Å²) < 4.78 is 30.8. The monoisotopic (exact) mass is 420 g/mol. The van der Waals surface area contributed by atoms with Crippen molar-refractivity contribution in [3.63, 3.8) is 0 Å². The summed E-state index contributed by atoms with van der Waals surface area (Å²) in [6, 6.07) is 8.97. The number of esters is 1. The van der Waals surface area contributed by atoms with Crippen molar-refractivity contribution in [2.24, 2.45) is 0 Å². The number of hydrogen-bond donors (Lipinski definition) is 0. The molecule has 2 aromatic rings. The van der Waals surface area contributed by atoms with E-state index in [9.17, 15) is 9.18 Å². The third kappa shape index (κ3) is 3.07. The van der Waals surface area contributed by atoms with Gasteiger partial charge in [-0.05, 0) is 52.0 Å². The fraction of sp³-hybridized carbons (Fsp3) is 0.350. The van der Waals surface area contributed by atoms with Crippen LogP contribution in [0.15, 0.2) is 34.8 Å². The maximum absolute atomic E-state index is 13.7. The Balaban J connectivity index is 1.52. The summed E-state index contributed by atoms with van der Waals surface area (Å²) in [5.41, 5.74) is 2.99. The molecule has 0 aromatic heterocycles. The first-order valence-electron chi connectivity index (χ1n) is 8.54. The SMILES string of the molecule is COC(=O)CC1COc2cc(O[C@@H]3CCc4c3ccc(F)c4Br)ccc21. The van der Waals surface area contributed by atoms with Crippen LogP contribution in [0.25, 0.3) is 0 Å². The molecule has 4 nitrogen and oxygen atoms in total. The summed E-state index contributed by atoms with van der Waals surface area (Å²) in [7, 11) is 1.39. The van der Waals surface area contributed by atoms with E-state index in [-0.39, 0.29) is 23.8 Å². The maximum Gasteiger partial charge on any atom is 0.306 e. The second-order valence-electron chi connectivity index (χ2n) is 6.56. The van der Waals surface area contributed by atoms with Crippen LogP contribution in [0.1, 0.15) is 41.6 Å². The fourth-order valence-corrected chi connectivity index (χ4v) is 4.22. The van der Waals surface area contributed by atoms with Crippen molar-refractivity contribution in [3.05, 3.63) is 57.3 Å². The van der Waals surface area contributed by atoms with Gasteiger partial charge in [0.1, 0.15) is 23.4 Å². The van der Waals surface area contributed by atoms with Crippen LogP contribution in [0.4, 0.5) is 4.39 Å². The summed E-state index contributed by atoms with van der Waals surface area (Å²) in [6.07, 6.45) is 1.79. The Morgan fingerprint density at radius 2 is 2.12 bits per heavy atom. The van der Waals surface area contributed by atoms with Crippen LogP contribution in [-0.4, -0.2) is 19.7 Å². The Morgan fingerprint density at radius 1 is 1.31 bits per heavy atom. The van der Waals surface area contributed by atoms with E-state index in [0.29, 0.717) is 23.2 Å². The minimum absolute atomic E-state index is 0.0117. The Morgan fingerprint density at radius 3 is 2.92 bits per heavy atom. The zero-order chi connectivity index (χ0) is 18.3. The predicted octanol–water partition coefficient (Wildman–Crippen LogP) is 4.69. The van der Waals surface area contributed by atoms with E-state index in [1.807, 2.05) is 18.2 Å². The van der Waals surface area contributed by atoms with Gasteiger partial charge in [-0.2, -0.15) is 0 Å². The first kappa shape index (κ1) is 17.3. The topological polar surface area (TPSA) is 44.8 Å². The summed E-state index contributed by atoms with van der Waals surface area (Å²) in [5, 5.41) is 0. The van der Waals surface area contributed by atoms with Crippen molar-refractivity contribution >= 4 is 21.9 Å². The van der Waals surface area contributed by atoms with Gasteiger partial charge in [-0.15, -0.1) is 0 Å². The molecule has 1 aliphatic carbocycles. The molecule has 1 aliphatic heterocycles. The molecule has 0 amide bonds. The van der Waals surface area contributed by atoms with Crippen LogP contribution in [0.5, 0.6) is 11.5 Å². The van der Waals surface area contributed by atoms with E-state index in [4.69, 9.17) is 14.2 Å². The van der Waals surface area contributed by atoms with Gasteiger partial charge in [0.05, 0.1) is 24.6 Å². The number of halogens is 2. The third-order valence-electron chi connectivity index (χ3n) is 5.02. The van der Waals surface area contributed by atoms with Crippen molar-refractivity contribution in [3.8, 4) is 11.5 Å². The molecule has 0 fully saturated rings. The van der Waals surface area contributed by atoms with E-state index in [0.717, 1.165) is 35.3 Å². The molecule has 0 saturated carbocycles. The molecule has 0 radical (unpaired) electrons. The lowest BCUT2D eigenvalue weighted by Gasteiger charge is -2.16. The molecule has 1 unspecified atom stereocenters. The number of carbonyl (C=O) groups is 1. The van der Waals surface area contributed by atoms with Gasteiger partial charge >= 0.3 is 5.97 Å². The van der Waals surface area contributed by atoms with E-state index in [1.54, 1.807) is 6.07 Å². The van der Waals surface area contributed by atoms with Crippen LogP contribution in [0, 0.1) is 5.82 Å². The minimum Gasteiger partial charge on any atom is -0.492 e. The molecule has 0 bridgehead atoms. The quantitative estimate of drug-likeness (QED) is 0.672. The van der Waals surface area contributed by atoms with Crippen LogP contribution in [0.3, 0.4) is 0 Å². The third-order valence-corrected chi connectivity index (χ3v) is 5.88. The maximum atomic E-state index is 13.7. The van der Waals surface area contributed by atoms with Gasteiger partial charge in [-0.1, -0.05) is 12.1 Å². The van der Waals surface area contributed by atoms with E-state index in [2.05, 4.69) is 15.9 Å². The molecule has 2 aromatic carbocycles. The number of methoxy groups -OCH3 is 1. The molecule has 2 atom stereocenters. The molecule has 0 saturated heterocycles. The van der Waals surface area contributed by atoms with Gasteiger partial charge in [-0.3, -0.25) is 4.79 Å². The molecule has 136 valence electrons. The summed E-state index contributed by atoms with van der Waals surface area (Å²) in [5.74, 6) is 0.979. The molecule has 4 rings (SSSR count). The first-order valence-corrected chi connectivity index (χ1v) is 9.33. The highest BCUT2D eigenvalue weighted by Crippen LogP contribution is 2.42. The number of carbonyl (C=O) groups excluding carboxylic acids is 1. The van der Waals surface area contributed by atoms with Gasteiger partial charge in [0.25, 0.3) is 0 Å². The van der Waals surface area contributed by atoms with Crippen LogP contribution in [0.2, 0.25) is 0 Å². The Hall–Kier alpha value is -2.08. The average molecular weight is 421 g/mol. The van der Waals surface area contributed by atoms with Crippen molar-refractivity contribution in [2.45, 2.75) is 31.3 Å².